The van der Waals surface area contributed by atoms with Crippen LogP contribution in [0, 0.1) is 0 Å². The van der Waals surface area contributed by atoms with Crippen LogP contribution in [0.15, 0.2) is 27.4 Å². The maximum absolute atomic E-state index is 5.52. The first-order chi connectivity index (χ1) is 10.2. The van der Waals surface area contributed by atoms with Crippen molar-refractivity contribution in [3.63, 3.8) is 0 Å². The zero-order chi connectivity index (χ0) is 15.4. The van der Waals surface area contributed by atoms with Gasteiger partial charge in [-0.25, -0.2) is 0 Å². The van der Waals surface area contributed by atoms with Gasteiger partial charge in [0.1, 0.15) is 5.75 Å². The lowest BCUT2D eigenvalue weighted by atomic mass is 9.99. The maximum Gasteiger partial charge on any atom is 0.164 e. The van der Waals surface area contributed by atoms with Crippen LogP contribution < -0.4 is 19.5 Å². The second-order valence-corrected chi connectivity index (χ2v) is 5.94. The Bertz CT molecular complexity index is 615. The summed E-state index contributed by atoms with van der Waals surface area (Å²) in [6.45, 7) is 0. The molecule has 4 nitrogen and oxygen atoms in total. The zero-order valence-electron chi connectivity index (χ0n) is 12.4. The summed E-state index contributed by atoms with van der Waals surface area (Å²) in [6.07, 6.45) is 0. The van der Waals surface area contributed by atoms with E-state index in [1.165, 1.54) is 0 Å². The summed E-state index contributed by atoms with van der Waals surface area (Å²) in [4.78, 5) is 0. The van der Waals surface area contributed by atoms with E-state index >= 15 is 0 Å². The van der Waals surface area contributed by atoms with Gasteiger partial charge in [0.05, 0.1) is 27.4 Å². The van der Waals surface area contributed by atoms with E-state index in [9.17, 15) is 0 Å². The third-order valence-electron chi connectivity index (χ3n) is 3.29. The van der Waals surface area contributed by atoms with Crippen LogP contribution in [0.2, 0.25) is 0 Å². The zero-order valence-corrected chi connectivity index (χ0v) is 14.8. The second kappa shape index (κ2) is 7.15. The number of hydrogen-bond acceptors (Lipinski definition) is 5. The Balaban J connectivity index is 2.57. The molecule has 1 aromatic carbocycles. The number of nitrogens with one attached hydrogen (secondary N) is 1. The molecule has 0 bridgehead atoms. The molecule has 1 aromatic heterocycles. The van der Waals surface area contributed by atoms with E-state index in [2.05, 4.69) is 32.0 Å². The average Bonchev–Trinajstić information content (AvgIpc) is 2.93. The molecule has 0 spiro atoms. The quantitative estimate of drug-likeness (QED) is 0.836. The van der Waals surface area contributed by atoms with Crippen molar-refractivity contribution in [2.24, 2.45) is 0 Å². The molecule has 1 unspecified atom stereocenters. The van der Waals surface area contributed by atoms with Crippen molar-refractivity contribution in [3.05, 3.63) is 38.5 Å². The number of methoxy groups -OCH3 is 3. The Morgan fingerprint density at radius 1 is 0.952 bits per heavy atom. The molecule has 0 fully saturated rings. The Labute approximate surface area is 137 Å². The largest absolute Gasteiger partial charge is 0.496 e. The summed E-state index contributed by atoms with van der Waals surface area (Å²) in [7, 11) is 6.82. The number of rotatable bonds is 6. The molecular weight excluding hydrogens is 354 g/mol. The first-order valence-corrected chi connectivity index (χ1v) is 8.08. The fourth-order valence-electron chi connectivity index (χ4n) is 2.25. The van der Waals surface area contributed by atoms with Crippen LogP contribution in [0.4, 0.5) is 0 Å². The normalized spacial score (nSPS) is 12.0. The van der Waals surface area contributed by atoms with Crippen LogP contribution in [-0.2, 0) is 0 Å². The minimum atomic E-state index is 0.000353. The molecule has 1 N–H and O–H groups in total. The fourth-order valence-corrected chi connectivity index (χ4v) is 3.81. The molecule has 21 heavy (non-hydrogen) atoms. The van der Waals surface area contributed by atoms with Crippen LogP contribution in [0.5, 0.6) is 17.2 Å². The standard InChI is InChI=1S/C15H18BrNO3S/c1-17-15(10-7-21-8-11(10)16)9-5-13(19-3)14(20-4)6-12(9)18-2/h5-8,15,17H,1-4H3. The lowest BCUT2D eigenvalue weighted by molar-refractivity contribution is 0.346. The third kappa shape index (κ3) is 3.17. The molecule has 0 aliphatic heterocycles. The van der Waals surface area contributed by atoms with Crippen LogP contribution in [-0.4, -0.2) is 28.4 Å². The van der Waals surface area contributed by atoms with Gasteiger partial charge >= 0.3 is 0 Å². The lowest BCUT2D eigenvalue weighted by Gasteiger charge is -2.21. The first kappa shape index (κ1) is 16.1. The first-order valence-electron chi connectivity index (χ1n) is 6.35. The topological polar surface area (TPSA) is 39.7 Å². The van der Waals surface area contributed by atoms with E-state index < -0.39 is 0 Å². The van der Waals surface area contributed by atoms with Crippen molar-refractivity contribution in [2.45, 2.75) is 6.04 Å². The number of hydrogen-bond donors (Lipinski definition) is 1. The van der Waals surface area contributed by atoms with E-state index in [1.807, 2.05) is 19.2 Å². The second-order valence-electron chi connectivity index (χ2n) is 4.35. The Morgan fingerprint density at radius 3 is 2.05 bits per heavy atom. The van der Waals surface area contributed by atoms with Crippen LogP contribution in [0.1, 0.15) is 17.2 Å². The molecule has 0 saturated heterocycles. The van der Waals surface area contributed by atoms with E-state index in [-0.39, 0.29) is 6.04 Å². The minimum absolute atomic E-state index is 0.000353. The molecule has 0 radical (unpaired) electrons. The van der Waals surface area contributed by atoms with Gasteiger partial charge < -0.3 is 19.5 Å². The fraction of sp³-hybridized carbons (Fsp3) is 0.333. The summed E-state index contributed by atoms with van der Waals surface area (Å²) in [5, 5.41) is 7.50. The molecule has 2 aromatic rings. The predicted octanol–water partition coefficient (Wildman–Crippen LogP) is 3.85. The molecule has 0 aliphatic rings. The molecule has 6 heteroatoms. The van der Waals surface area contributed by atoms with Gasteiger partial charge in [-0.3, -0.25) is 0 Å². The van der Waals surface area contributed by atoms with Crippen molar-refractivity contribution in [3.8, 4) is 17.2 Å². The SMILES string of the molecule is CNC(c1cscc1Br)c1cc(OC)c(OC)cc1OC. The van der Waals surface area contributed by atoms with Crippen LogP contribution in [0.3, 0.4) is 0 Å². The van der Waals surface area contributed by atoms with Crippen LogP contribution in [0.25, 0.3) is 0 Å². The van der Waals surface area contributed by atoms with E-state index in [4.69, 9.17) is 14.2 Å². The summed E-state index contributed by atoms with van der Waals surface area (Å²) in [5.41, 5.74) is 2.16. The van der Waals surface area contributed by atoms with Gasteiger partial charge in [-0.05, 0) is 40.0 Å². The monoisotopic (exact) mass is 371 g/mol. The number of halogens is 1. The smallest absolute Gasteiger partial charge is 0.164 e. The highest BCUT2D eigenvalue weighted by molar-refractivity contribution is 9.10. The third-order valence-corrected chi connectivity index (χ3v) is 5.04. The molecule has 0 amide bonds. The highest BCUT2D eigenvalue weighted by Gasteiger charge is 2.22. The van der Waals surface area contributed by atoms with Crippen molar-refractivity contribution >= 4 is 27.3 Å². The number of ether oxygens (including phenoxy) is 3. The van der Waals surface area contributed by atoms with E-state index in [1.54, 1.807) is 32.7 Å². The van der Waals surface area contributed by atoms with E-state index in [0.717, 1.165) is 21.3 Å². The summed E-state index contributed by atoms with van der Waals surface area (Å²) < 4.78 is 17.3. The highest BCUT2D eigenvalue weighted by Crippen LogP contribution is 2.41. The van der Waals surface area contributed by atoms with Crippen molar-refractivity contribution < 1.29 is 14.2 Å². The number of thiophene rings is 1. The van der Waals surface area contributed by atoms with Gasteiger partial charge in [-0.1, -0.05) is 0 Å². The van der Waals surface area contributed by atoms with Gasteiger partial charge in [0.25, 0.3) is 0 Å². The Morgan fingerprint density at radius 2 is 1.57 bits per heavy atom. The van der Waals surface area contributed by atoms with Crippen molar-refractivity contribution in [2.75, 3.05) is 28.4 Å². The lowest BCUT2D eigenvalue weighted by Crippen LogP contribution is -2.18. The summed E-state index contributed by atoms with van der Waals surface area (Å²) in [5.74, 6) is 2.09. The van der Waals surface area contributed by atoms with Crippen LogP contribution >= 0.6 is 27.3 Å². The van der Waals surface area contributed by atoms with Gasteiger partial charge in [0.15, 0.2) is 11.5 Å². The minimum Gasteiger partial charge on any atom is -0.496 e. The summed E-state index contributed by atoms with van der Waals surface area (Å²) >= 11 is 5.24. The average molecular weight is 372 g/mol. The van der Waals surface area contributed by atoms with Gasteiger partial charge in [-0.15, -0.1) is 0 Å². The number of benzene rings is 1. The van der Waals surface area contributed by atoms with E-state index in [0.29, 0.717) is 11.5 Å². The van der Waals surface area contributed by atoms with Gasteiger partial charge in [0.2, 0.25) is 0 Å². The van der Waals surface area contributed by atoms with Crippen molar-refractivity contribution in [1.29, 1.82) is 0 Å². The Hall–Kier alpha value is -1.24. The molecule has 2 rings (SSSR count). The molecule has 114 valence electrons. The molecule has 1 atom stereocenters. The molecule has 0 saturated carbocycles. The van der Waals surface area contributed by atoms with Crippen molar-refractivity contribution in [1.82, 2.24) is 5.32 Å². The highest BCUT2D eigenvalue weighted by atomic mass is 79.9. The van der Waals surface area contributed by atoms with Gasteiger partial charge in [0, 0.05) is 21.5 Å². The molecule has 0 aliphatic carbocycles. The summed E-state index contributed by atoms with van der Waals surface area (Å²) in [6, 6.07) is 3.79. The molecular formula is C15H18BrNO3S. The van der Waals surface area contributed by atoms with Gasteiger partial charge in [-0.2, -0.15) is 11.3 Å². The Kier molecular flexibility index (Phi) is 5.50. The molecule has 1 heterocycles. The maximum atomic E-state index is 5.52. The predicted molar refractivity (Wildman–Crippen MR) is 89.0 cm³/mol.